The zero-order valence-electron chi connectivity index (χ0n) is 9.92. The summed E-state index contributed by atoms with van der Waals surface area (Å²) in [6.07, 6.45) is 5.28. The van der Waals surface area contributed by atoms with Crippen molar-refractivity contribution in [3.8, 4) is 0 Å². The molecule has 0 bridgehead atoms. The topological polar surface area (TPSA) is 28.2 Å². The Morgan fingerprint density at radius 1 is 1.59 bits per heavy atom. The van der Waals surface area contributed by atoms with Crippen molar-refractivity contribution in [3.05, 3.63) is 22.6 Å². The van der Waals surface area contributed by atoms with Crippen LogP contribution in [-0.2, 0) is 0 Å². The molecule has 3 nitrogen and oxygen atoms in total. The van der Waals surface area contributed by atoms with E-state index in [9.17, 15) is 4.39 Å². The first-order valence-electron chi connectivity index (χ1n) is 5.92. The molecule has 1 atom stereocenters. The van der Waals surface area contributed by atoms with Gasteiger partial charge < -0.3 is 10.2 Å². The van der Waals surface area contributed by atoms with Crippen LogP contribution in [0.15, 0.2) is 16.7 Å². The van der Waals surface area contributed by atoms with Gasteiger partial charge in [0.1, 0.15) is 0 Å². The zero-order valence-corrected chi connectivity index (χ0v) is 11.5. The minimum absolute atomic E-state index is 0.280. The van der Waals surface area contributed by atoms with Gasteiger partial charge in [0.15, 0.2) is 11.6 Å². The molecule has 1 aromatic heterocycles. The smallest absolute Gasteiger partial charge is 0.166 e. The highest BCUT2D eigenvalue weighted by Crippen LogP contribution is 2.20. The third-order valence-corrected chi connectivity index (χ3v) is 3.49. The fraction of sp³-hybridized carbons (Fsp3) is 0.583. The van der Waals surface area contributed by atoms with Crippen molar-refractivity contribution in [2.45, 2.75) is 25.3 Å². The molecule has 0 spiro atoms. The third-order valence-electron chi connectivity index (χ3n) is 3.06. The Morgan fingerprint density at radius 3 is 3.06 bits per heavy atom. The van der Waals surface area contributed by atoms with Crippen molar-refractivity contribution in [2.24, 2.45) is 0 Å². The Labute approximate surface area is 110 Å². The first-order valence-corrected chi connectivity index (χ1v) is 6.71. The number of hydrogen-bond donors (Lipinski definition) is 1. The predicted molar refractivity (Wildman–Crippen MR) is 70.8 cm³/mol. The van der Waals surface area contributed by atoms with E-state index in [0.717, 1.165) is 19.5 Å². The van der Waals surface area contributed by atoms with Crippen molar-refractivity contribution in [1.82, 2.24) is 10.3 Å². The molecule has 2 heterocycles. The summed E-state index contributed by atoms with van der Waals surface area (Å²) in [5.41, 5.74) is 0. The number of nitrogens with one attached hydrogen (secondary N) is 1. The van der Waals surface area contributed by atoms with Crippen molar-refractivity contribution >= 4 is 21.7 Å². The SMILES string of the molecule is CN(CC1CCCCN1)c1ncc(Br)cc1F. The van der Waals surface area contributed by atoms with Crippen LogP contribution < -0.4 is 10.2 Å². The Balaban J connectivity index is 2.00. The molecular weight excluding hydrogens is 285 g/mol. The lowest BCUT2D eigenvalue weighted by Gasteiger charge is -2.28. The fourth-order valence-electron chi connectivity index (χ4n) is 2.19. The minimum atomic E-state index is -0.280. The summed E-state index contributed by atoms with van der Waals surface area (Å²) in [6, 6.07) is 1.89. The number of aromatic nitrogens is 1. The van der Waals surface area contributed by atoms with Crippen molar-refractivity contribution in [2.75, 3.05) is 25.0 Å². The molecule has 94 valence electrons. The maximum absolute atomic E-state index is 13.7. The molecule has 1 unspecified atom stereocenters. The number of halogens is 2. The Kier molecular flexibility index (Phi) is 4.34. The molecule has 1 aliphatic rings. The molecule has 0 radical (unpaired) electrons. The lowest BCUT2D eigenvalue weighted by molar-refractivity contribution is 0.402. The van der Waals surface area contributed by atoms with Gasteiger partial charge in [-0.1, -0.05) is 6.42 Å². The van der Waals surface area contributed by atoms with E-state index < -0.39 is 0 Å². The molecule has 0 amide bonds. The van der Waals surface area contributed by atoms with E-state index in [1.54, 1.807) is 6.20 Å². The summed E-state index contributed by atoms with van der Waals surface area (Å²) < 4.78 is 14.4. The number of piperidine rings is 1. The lowest BCUT2D eigenvalue weighted by atomic mass is 10.0. The number of likely N-dealkylation sites (N-methyl/N-ethyl adjacent to an activating group) is 1. The molecular formula is C12H17BrFN3. The van der Waals surface area contributed by atoms with Gasteiger partial charge in [0.2, 0.25) is 0 Å². The third kappa shape index (κ3) is 3.39. The van der Waals surface area contributed by atoms with Crippen LogP contribution in [-0.4, -0.2) is 31.2 Å². The first kappa shape index (κ1) is 12.8. The molecule has 0 aromatic carbocycles. The Bertz CT molecular complexity index is 380. The fourth-order valence-corrected chi connectivity index (χ4v) is 2.49. The number of anilines is 1. The van der Waals surface area contributed by atoms with Gasteiger partial charge >= 0.3 is 0 Å². The molecule has 17 heavy (non-hydrogen) atoms. The number of rotatable bonds is 3. The predicted octanol–water partition coefficient (Wildman–Crippen LogP) is 2.56. The van der Waals surface area contributed by atoms with Gasteiger partial charge in [-0.15, -0.1) is 0 Å². The van der Waals surface area contributed by atoms with Gasteiger partial charge in [0.05, 0.1) is 0 Å². The van der Waals surface area contributed by atoms with Crippen LogP contribution in [0.5, 0.6) is 0 Å². The molecule has 1 saturated heterocycles. The quantitative estimate of drug-likeness (QED) is 0.930. The summed E-state index contributed by atoms with van der Waals surface area (Å²) >= 11 is 3.21. The standard InChI is InChI=1S/C12H17BrFN3/c1-17(8-10-4-2-3-5-15-10)12-11(14)6-9(13)7-16-12/h6-7,10,15H,2-5,8H2,1H3. The monoisotopic (exact) mass is 301 g/mol. The molecule has 2 rings (SSSR count). The Morgan fingerprint density at radius 2 is 2.41 bits per heavy atom. The van der Waals surface area contributed by atoms with Gasteiger partial charge in [-0.05, 0) is 41.4 Å². The largest absolute Gasteiger partial charge is 0.356 e. The van der Waals surface area contributed by atoms with Crippen LogP contribution in [0.2, 0.25) is 0 Å². The van der Waals surface area contributed by atoms with E-state index in [1.165, 1.54) is 18.9 Å². The van der Waals surface area contributed by atoms with Gasteiger partial charge in [-0.25, -0.2) is 9.37 Å². The van der Waals surface area contributed by atoms with Gasteiger partial charge in [0.25, 0.3) is 0 Å². The van der Waals surface area contributed by atoms with E-state index in [2.05, 4.69) is 26.2 Å². The maximum atomic E-state index is 13.7. The van der Waals surface area contributed by atoms with Crippen molar-refractivity contribution in [1.29, 1.82) is 0 Å². The van der Waals surface area contributed by atoms with Gasteiger partial charge in [-0.2, -0.15) is 0 Å². The van der Waals surface area contributed by atoms with Gasteiger partial charge in [0, 0.05) is 30.3 Å². The van der Waals surface area contributed by atoms with Crippen LogP contribution in [0.25, 0.3) is 0 Å². The summed E-state index contributed by atoms with van der Waals surface area (Å²) in [5.74, 6) is 0.137. The number of pyridine rings is 1. The van der Waals surface area contributed by atoms with Crippen LogP contribution in [0.4, 0.5) is 10.2 Å². The highest BCUT2D eigenvalue weighted by Gasteiger charge is 2.17. The average molecular weight is 302 g/mol. The normalized spacial score (nSPS) is 20.3. The summed E-state index contributed by atoms with van der Waals surface area (Å²) in [6.45, 7) is 1.86. The second-order valence-electron chi connectivity index (χ2n) is 4.49. The minimum Gasteiger partial charge on any atom is -0.356 e. The van der Waals surface area contributed by atoms with Gasteiger partial charge in [-0.3, -0.25) is 0 Å². The highest BCUT2D eigenvalue weighted by atomic mass is 79.9. The lowest BCUT2D eigenvalue weighted by Crippen LogP contribution is -2.42. The van der Waals surface area contributed by atoms with Crippen molar-refractivity contribution in [3.63, 3.8) is 0 Å². The zero-order chi connectivity index (χ0) is 12.3. The second kappa shape index (κ2) is 5.78. The molecule has 1 fully saturated rings. The molecule has 1 aliphatic heterocycles. The average Bonchev–Trinajstić information content (AvgIpc) is 2.30. The van der Waals surface area contributed by atoms with Crippen LogP contribution >= 0.6 is 15.9 Å². The number of hydrogen-bond acceptors (Lipinski definition) is 3. The number of nitrogens with zero attached hydrogens (tertiary/aromatic N) is 2. The van der Waals surface area contributed by atoms with E-state index in [1.807, 2.05) is 11.9 Å². The van der Waals surface area contributed by atoms with Crippen molar-refractivity contribution < 1.29 is 4.39 Å². The summed E-state index contributed by atoms with van der Waals surface area (Å²) in [7, 11) is 1.88. The second-order valence-corrected chi connectivity index (χ2v) is 5.40. The highest BCUT2D eigenvalue weighted by molar-refractivity contribution is 9.10. The molecule has 5 heteroatoms. The van der Waals surface area contributed by atoms with E-state index in [4.69, 9.17) is 0 Å². The maximum Gasteiger partial charge on any atom is 0.166 e. The molecule has 1 N–H and O–H groups in total. The van der Waals surface area contributed by atoms with E-state index >= 15 is 0 Å². The van der Waals surface area contributed by atoms with Crippen LogP contribution in [0.3, 0.4) is 0 Å². The summed E-state index contributed by atoms with van der Waals surface area (Å²) in [4.78, 5) is 6.00. The van der Waals surface area contributed by atoms with E-state index in [-0.39, 0.29) is 5.82 Å². The molecule has 1 aromatic rings. The van der Waals surface area contributed by atoms with E-state index in [0.29, 0.717) is 16.3 Å². The molecule has 0 saturated carbocycles. The first-order chi connectivity index (χ1) is 8.16. The Hall–Kier alpha value is -0.680. The van der Waals surface area contributed by atoms with Crippen LogP contribution in [0.1, 0.15) is 19.3 Å². The molecule has 0 aliphatic carbocycles. The van der Waals surface area contributed by atoms with Crippen LogP contribution in [0, 0.1) is 5.82 Å². The summed E-state index contributed by atoms with van der Waals surface area (Å²) in [5, 5.41) is 3.45.